The van der Waals surface area contributed by atoms with E-state index in [1.165, 1.54) is 12.8 Å². The molecule has 1 N–H and O–H groups in total. The van der Waals surface area contributed by atoms with Crippen LogP contribution < -0.4 is 10.2 Å². The molecule has 1 aliphatic carbocycles. The van der Waals surface area contributed by atoms with E-state index < -0.39 is 0 Å². The van der Waals surface area contributed by atoms with Gasteiger partial charge in [0.2, 0.25) is 0 Å². The Morgan fingerprint density at radius 1 is 1.58 bits per heavy atom. The monoisotopic (exact) mass is 283 g/mol. The predicted octanol–water partition coefficient (Wildman–Crippen LogP) is 2.66. The van der Waals surface area contributed by atoms with E-state index in [1.807, 2.05) is 11.9 Å². The van der Waals surface area contributed by atoms with Crippen molar-refractivity contribution in [1.29, 1.82) is 0 Å². The van der Waals surface area contributed by atoms with Gasteiger partial charge in [-0.25, -0.2) is 9.37 Å². The van der Waals surface area contributed by atoms with E-state index >= 15 is 0 Å². The third-order valence-electron chi connectivity index (χ3n) is 3.51. The van der Waals surface area contributed by atoms with Gasteiger partial charge in [0.1, 0.15) is 0 Å². The molecule has 1 atom stereocenters. The van der Waals surface area contributed by atoms with Crippen molar-refractivity contribution in [2.75, 3.05) is 24.0 Å². The molecule has 1 fully saturated rings. The first-order chi connectivity index (χ1) is 9.13. The first kappa shape index (κ1) is 14.6. The highest BCUT2D eigenvalue weighted by molar-refractivity contribution is 7.98. The Kier molecular flexibility index (Phi) is 5.05. The predicted molar refractivity (Wildman–Crippen MR) is 80.3 cm³/mol. The van der Waals surface area contributed by atoms with E-state index in [0.29, 0.717) is 24.0 Å². The highest BCUT2D eigenvalue weighted by atomic mass is 32.2. The van der Waals surface area contributed by atoms with E-state index in [1.54, 1.807) is 24.0 Å². The Hall–Kier alpha value is -0.810. The molecule has 2 rings (SSSR count). The average Bonchev–Trinajstić information content (AvgIpc) is 3.21. The fourth-order valence-electron chi connectivity index (χ4n) is 1.96. The Balaban J connectivity index is 2.08. The molecular weight excluding hydrogens is 261 g/mol. The van der Waals surface area contributed by atoms with Crippen LogP contribution in [0.1, 0.15) is 25.3 Å². The molecular formula is C14H22FN3S. The van der Waals surface area contributed by atoms with Gasteiger partial charge in [0.25, 0.3) is 0 Å². The molecule has 1 saturated carbocycles. The summed E-state index contributed by atoms with van der Waals surface area (Å²) in [7, 11) is 1.91. The highest BCUT2D eigenvalue weighted by Gasteiger charge is 2.22. The highest BCUT2D eigenvalue weighted by Crippen LogP contribution is 2.23. The first-order valence-corrected chi connectivity index (χ1v) is 8.11. The minimum Gasteiger partial charge on any atom is -0.354 e. The van der Waals surface area contributed by atoms with Crippen LogP contribution in [0.15, 0.2) is 12.3 Å². The molecule has 0 saturated heterocycles. The zero-order chi connectivity index (χ0) is 13.8. The van der Waals surface area contributed by atoms with Crippen molar-refractivity contribution in [1.82, 2.24) is 10.3 Å². The first-order valence-electron chi connectivity index (χ1n) is 6.72. The van der Waals surface area contributed by atoms with Gasteiger partial charge in [0.15, 0.2) is 11.6 Å². The van der Waals surface area contributed by atoms with Gasteiger partial charge in [-0.15, -0.1) is 0 Å². The molecule has 1 aliphatic rings. The summed E-state index contributed by atoms with van der Waals surface area (Å²) >= 11 is 1.76. The fraction of sp³-hybridized carbons (Fsp3) is 0.643. The number of hydrogen-bond acceptors (Lipinski definition) is 4. The molecule has 1 heterocycles. The van der Waals surface area contributed by atoms with Crippen LogP contribution in [0.4, 0.5) is 10.2 Å². The van der Waals surface area contributed by atoms with Crippen molar-refractivity contribution < 1.29 is 4.39 Å². The maximum absolute atomic E-state index is 14.4. The zero-order valence-electron chi connectivity index (χ0n) is 11.8. The van der Waals surface area contributed by atoms with Crippen LogP contribution in [0.3, 0.4) is 0 Å². The van der Waals surface area contributed by atoms with Gasteiger partial charge >= 0.3 is 0 Å². The van der Waals surface area contributed by atoms with E-state index in [9.17, 15) is 4.39 Å². The molecule has 0 aromatic carbocycles. The van der Waals surface area contributed by atoms with Crippen LogP contribution in [0.2, 0.25) is 0 Å². The van der Waals surface area contributed by atoms with Gasteiger partial charge in [-0.1, -0.05) is 0 Å². The summed E-state index contributed by atoms with van der Waals surface area (Å²) < 4.78 is 14.4. The zero-order valence-corrected chi connectivity index (χ0v) is 12.6. The largest absolute Gasteiger partial charge is 0.354 e. The molecule has 0 amide bonds. The Labute approximate surface area is 119 Å². The van der Waals surface area contributed by atoms with Crippen molar-refractivity contribution in [3.8, 4) is 0 Å². The quantitative estimate of drug-likeness (QED) is 0.833. The lowest BCUT2D eigenvalue weighted by Crippen LogP contribution is -2.32. The second-order valence-corrected chi connectivity index (χ2v) is 6.09. The van der Waals surface area contributed by atoms with Gasteiger partial charge in [-0.3, -0.25) is 0 Å². The summed E-state index contributed by atoms with van der Waals surface area (Å²) in [6.45, 7) is 2.68. The van der Waals surface area contributed by atoms with E-state index in [4.69, 9.17) is 0 Å². The lowest BCUT2D eigenvalue weighted by atomic mass is 10.2. The minimum absolute atomic E-state index is 0.189. The van der Waals surface area contributed by atoms with Crippen LogP contribution in [0, 0.1) is 5.82 Å². The summed E-state index contributed by atoms with van der Waals surface area (Å²) in [6, 6.07) is 2.62. The number of aromatic nitrogens is 1. The van der Waals surface area contributed by atoms with Crippen LogP contribution in [-0.2, 0) is 6.54 Å². The SMILES string of the molecule is CSCC(C)N(C)c1nccc(CNC2CC2)c1F. The smallest absolute Gasteiger partial charge is 0.170 e. The molecule has 0 bridgehead atoms. The molecule has 106 valence electrons. The lowest BCUT2D eigenvalue weighted by molar-refractivity contribution is 0.572. The number of anilines is 1. The van der Waals surface area contributed by atoms with E-state index in [2.05, 4.69) is 23.5 Å². The number of thioether (sulfide) groups is 1. The van der Waals surface area contributed by atoms with Crippen molar-refractivity contribution in [2.45, 2.75) is 38.4 Å². The number of nitrogens with one attached hydrogen (secondary N) is 1. The van der Waals surface area contributed by atoms with Gasteiger partial charge in [-0.05, 0) is 32.1 Å². The fourth-order valence-corrected chi connectivity index (χ4v) is 2.66. The molecule has 1 aromatic rings. The van der Waals surface area contributed by atoms with Gasteiger partial charge in [0.05, 0.1) is 0 Å². The molecule has 0 aliphatic heterocycles. The summed E-state index contributed by atoms with van der Waals surface area (Å²) in [6.07, 6.45) is 6.18. The Bertz CT molecular complexity index is 423. The Morgan fingerprint density at radius 3 is 2.95 bits per heavy atom. The van der Waals surface area contributed by atoms with Crippen molar-refractivity contribution in [3.05, 3.63) is 23.6 Å². The maximum Gasteiger partial charge on any atom is 0.170 e. The molecule has 5 heteroatoms. The second kappa shape index (κ2) is 6.57. The third kappa shape index (κ3) is 3.83. The molecule has 1 unspecified atom stereocenters. The second-order valence-electron chi connectivity index (χ2n) is 5.18. The molecule has 1 aromatic heterocycles. The number of halogens is 1. The number of nitrogens with zero attached hydrogens (tertiary/aromatic N) is 2. The summed E-state index contributed by atoms with van der Waals surface area (Å²) in [5.74, 6) is 1.23. The maximum atomic E-state index is 14.4. The topological polar surface area (TPSA) is 28.2 Å². The van der Waals surface area contributed by atoms with Crippen LogP contribution >= 0.6 is 11.8 Å². The molecule has 19 heavy (non-hydrogen) atoms. The van der Waals surface area contributed by atoms with Gasteiger partial charge in [-0.2, -0.15) is 11.8 Å². The van der Waals surface area contributed by atoms with Crippen LogP contribution in [0.25, 0.3) is 0 Å². The summed E-state index contributed by atoms with van der Waals surface area (Å²) in [5, 5.41) is 3.34. The Morgan fingerprint density at radius 2 is 2.32 bits per heavy atom. The van der Waals surface area contributed by atoms with Crippen molar-refractivity contribution in [2.24, 2.45) is 0 Å². The number of rotatable bonds is 7. The van der Waals surface area contributed by atoms with Crippen LogP contribution in [0.5, 0.6) is 0 Å². The summed E-state index contributed by atoms with van der Waals surface area (Å²) in [4.78, 5) is 6.12. The summed E-state index contributed by atoms with van der Waals surface area (Å²) in [5.41, 5.74) is 0.708. The van der Waals surface area contributed by atoms with E-state index in [0.717, 1.165) is 5.75 Å². The van der Waals surface area contributed by atoms with Crippen LogP contribution in [-0.4, -0.2) is 36.1 Å². The molecule has 0 spiro atoms. The van der Waals surface area contributed by atoms with E-state index in [-0.39, 0.29) is 11.9 Å². The van der Waals surface area contributed by atoms with Gasteiger partial charge in [0, 0.05) is 43.2 Å². The standard InChI is InChI=1S/C14H22FN3S/c1-10(9-19-3)18(2)14-13(15)11(6-7-16-14)8-17-12-4-5-12/h6-7,10,12,17H,4-5,8-9H2,1-3H3. The van der Waals surface area contributed by atoms with Crippen molar-refractivity contribution >= 4 is 17.6 Å². The van der Waals surface area contributed by atoms with Gasteiger partial charge < -0.3 is 10.2 Å². The van der Waals surface area contributed by atoms with Crippen molar-refractivity contribution in [3.63, 3.8) is 0 Å². The lowest BCUT2D eigenvalue weighted by Gasteiger charge is -2.26. The third-order valence-corrected chi connectivity index (χ3v) is 4.33. The minimum atomic E-state index is -0.189. The molecule has 0 radical (unpaired) electrons. The normalized spacial score (nSPS) is 16.4. The number of hydrogen-bond donors (Lipinski definition) is 1. The number of pyridine rings is 1. The average molecular weight is 283 g/mol. The molecule has 3 nitrogen and oxygen atoms in total.